The Balaban J connectivity index is 2.25. The Kier molecular flexibility index (Phi) is 1.83. The monoisotopic (exact) mass is 211 g/mol. The van der Waals surface area contributed by atoms with Gasteiger partial charge in [0.25, 0.3) is 0 Å². The van der Waals surface area contributed by atoms with Gasteiger partial charge in [-0.3, -0.25) is 0 Å². The minimum Gasteiger partial charge on any atom is -0.396 e. The number of hydrogen-bond acceptors (Lipinski definition) is 4. The van der Waals surface area contributed by atoms with Gasteiger partial charge >= 0.3 is 0 Å². The molecule has 0 aliphatic carbocycles. The summed E-state index contributed by atoms with van der Waals surface area (Å²) in [7, 11) is 0. The van der Waals surface area contributed by atoms with E-state index in [1.807, 2.05) is 30.3 Å². The van der Waals surface area contributed by atoms with Crippen LogP contribution in [-0.2, 0) is 0 Å². The van der Waals surface area contributed by atoms with Gasteiger partial charge in [-0.2, -0.15) is 9.61 Å². The van der Waals surface area contributed by atoms with Crippen molar-refractivity contribution in [1.29, 1.82) is 0 Å². The van der Waals surface area contributed by atoms with E-state index in [1.54, 1.807) is 10.6 Å². The molecule has 2 aromatic heterocycles. The van der Waals surface area contributed by atoms with E-state index in [-0.39, 0.29) is 0 Å². The number of fused-ring (bicyclic) bond motifs is 1. The second-order valence-electron chi connectivity index (χ2n) is 3.45. The number of hydrogen-bond donors (Lipinski definition) is 1. The number of anilines is 1. The van der Waals surface area contributed by atoms with Crippen LogP contribution in [0.5, 0.6) is 0 Å². The van der Waals surface area contributed by atoms with Crippen molar-refractivity contribution in [2.75, 3.05) is 5.73 Å². The molecule has 0 unspecified atom stereocenters. The first kappa shape index (κ1) is 8.84. The lowest BCUT2D eigenvalue weighted by Crippen LogP contribution is -1.98. The maximum absolute atomic E-state index is 5.88. The van der Waals surface area contributed by atoms with Crippen LogP contribution in [0.3, 0.4) is 0 Å². The molecule has 0 radical (unpaired) electrons. The summed E-state index contributed by atoms with van der Waals surface area (Å²) in [5, 5.41) is 12.0. The van der Waals surface area contributed by atoms with E-state index in [2.05, 4.69) is 15.3 Å². The molecule has 0 aliphatic heterocycles. The van der Waals surface area contributed by atoms with Gasteiger partial charge < -0.3 is 5.73 Å². The SMILES string of the molecule is Nc1cc(-c2ccccc2)nn2cnnc12. The molecular formula is C11H9N5. The Labute approximate surface area is 91.5 Å². The zero-order chi connectivity index (χ0) is 11.0. The molecule has 0 amide bonds. The summed E-state index contributed by atoms with van der Waals surface area (Å²) in [6, 6.07) is 11.7. The quantitative estimate of drug-likeness (QED) is 0.660. The molecular weight excluding hydrogens is 202 g/mol. The van der Waals surface area contributed by atoms with Crippen molar-refractivity contribution in [3.05, 3.63) is 42.7 Å². The van der Waals surface area contributed by atoms with Crippen LogP contribution in [0, 0.1) is 0 Å². The van der Waals surface area contributed by atoms with E-state index in [1.165, 1.54) is 6.33 Å². The van der Waals surface area contributed by atoms with E-state index < -0.39 is 0 Å². The first-order chi connectivity index (χ1) is 7.84. The number of aromatic nitrogens is 4. The summed E-state index contributed by atoms with van der Waals surface area (Å²) in [4.78, 5) is 0. The highest BCUT2D eigenvalue weighted by Crippen LogP contribution is 2.20. The fraction of sp³-hybridized carbons (Fsp3) is 0. The second kappa shape index (κ2) is 3.30. The van der Waals surface area contributed by atoms with Crippen molar-refractivity contribution in [2.24, 2.45) is 0 Å². The van der Waals surface area contributed by atoms with Crippen molar-refractivity contribution in [2.45, 2.75) is 0 Å². The molecule has 2 heterocycles. The molecule has 0 saturated heterocycles. The topological polar surface area (TPSA) is 69.1 Å². The van der Waals surface area contributed by atoms with Crippen LogP contribution in [0.25, 0.3) is 16.9 Å². The van der Waals surface area contributed by atoms with E-state index in [0.717, 1.165) is 11.3 Å². The summed E-state index contributed by atoms with van der Waals surface area (Å²) >= 11 is 0. The Morgan fingerprint density at radius 2 is 1.94 bits per heavy atom. The molecule has 16 heavy (non-hydrogen) atoms. The standard InChI is InChI=1S/C11H9N5/c12-9-6-10(8-4-2-1-3-5-8)15-16-7-13-14-11(9)16/h1-7H,12H2. The van der Waals surface area contributed by atoms with Gasteiger partial charge in [0.05, 0.1) is 11.4 Å². The molecule has 5 nitrogen and oxygen atoms in total. The first-order valence-electron chi connectivity index (χ1n) is 4.86. The van der Waals surface area contributed by atoms with Crippen molar-refractivity contribution in [1.82, 2.24) is 19.8 Å². The molecule has 0 aliphatic rings. The van der Waals surface area contributed by atoms with Crippen LogP contribution in [0.4, 0.5) is 5.69 Å². The first-order valence-corrected chi connectivity index (χ1v) is 4.86. The highest BCUT2D eigenvalue weighted by atomic mass is 15.3. The van der Waals surface area contributed by atoms with Gasteiger partial charge in [-0.1, -0.05) is 30.3 Å². The van der Waals surface area contributed by atoms with Crippen molar-refractivity contribution in [3.8, 4) is 11.3 Å². The summed E-state index contributed by atoms with van der Waals surface area (Å²) in [5.41, 5.74) is 8.86. The van der Waals surface area contributed by atoms with E-state index in [4.69, 9.17) is 5.73 Å². The maximum atomic E-state index is 5.88. The molecule has 1 aromatic carbocycles. The van der Waals surface area contributed by atoms with Crippen LogP contribution in [0.2, 0.25) is 0 Å². The Hall–Kier alpha value is -2.43. The third-order valence-corrected chi connectivity index (χ3v) is 2.37. The number of nitrogens with zero attached hydrogens (tertiary/aromatic N) is 4. The maximum Gasteiger partial charge on any atom is 0.200 e. The normalized spacial score (nSPS) is 10.8. The number of nitrogen functional groups attached to an aromatic ring is 1. The van der Waals surface area contributed by atoms with E-state index in [0.29, 0.717) is 11.3 Å². The largest absolute Gasteiger partial charge is 0.396 e. The molecule has 0 fully saturated rings. The van der Waals surface area contributed by atoms with Gasteiger partial charge in [0, 0.05) is 5.56 Å². The summed E-state index contributed by atoms with van der Waals surface area (Å²) in [6.07, 6.45) is 1.54. The fourth-order valence-electron chi connectivity index (χ4n) is 1.60. The molecule has 0 spiro atoms. The highest BCUT2D eigenvalue weighted by Gasteiger charge is 2.06. The van der Waals surface area contributed by atoms with Crippen LogP contribution >= 0.6 is 0 Å². The number of benzene rings is 1. The number of nitrogens with two attached hydrogens (primary N) is 1. The summed E-state index contributed by atoms with van der Waals surface area (Å²) in [6.45, 7) is 0. The Morgan fingerprint density at radius 1 is 1.12 bits per heavy atom. The molecule has 2 N–H and O–H groups in total. The van der Waals surface area contributed by atoms with E-state index >= 15 is 0 Å². The zero-order valence-corrected chi connectivity index (χ0v) is 8.41. The third kappa shape index (κ3) is 1.30. The summed E-state index contributed by atoms with van der Waals surface area (Å²) < 4.78 is 1.58. The average molecular weight is 211 g/mol. The molecule has 78 valence electrons. The van der Waals surface area contributed by atoms with Gasteiger partial charge in [0.1, 0.15) is 6.33 Å². The van der Waals surface area contributed by atoms with Crippen LogP contribution in [-0.4, -0.2) is 19.8 Å². The van der Waals surface area contributed by atoms with Crippen molar-refractivity contribution < 1.29 is 0 Å². The predicted molar refractivity (Wildman–Crippen MR) is 60.6 cm³/mol. The van der Waals surface area contributed by atoms with Crippen molar-refractivity contribution in [3.63, 3.8) is 0 Å². The van der Waals surface area contributed by atoms with Crippen LogP contribution in [0.1, 0.15) is 0 Å². The smallest absolute Gasteiger partial charge is 0.200 e. The van der Waals surface area contributed by atoms with E-state index in [9.17, 15) is 0 Å². The minimum absolute atomic E-state index is 0.575. The highest BCUT2D eigenvalue weighted by molar-refractivity contribution is 5.70. The molecule has 3 aromatic rings. The molecule has 0 atom stereocenters. The lowest BCUT2D eigenvalue weighted by molar-refractivity contribution is 0.934. The van der Waals surface area contributed by atoms with Gasteiger partial charge in [-0.05, 0) is 6.07 Å². The predicted octanol–water partition coefficient (Wildman–Crippen LogP) is 1.37. The Morgan fingerprint density at radius 3 is 2.75 bits per heavy atom. The Bertz CT molecular complexity index is 629. The number of rotatable bonds is 1. The van der Waals surface area contributed by atoms with Gasteiger partial charge in [0.2, 0.25) is 0 Å². The average Bonchev–Trinajstić information content (AvgIpc) is 2.79. The van der Waals surface area contributed by atoms with Crippen LogP contribution in [0.15, 0.2) is 42.7 Å². The molecule has 3 rings (SSSR count). The minimum atomic E-state index is 0.575. The fourth-order valence-corrected chi connectivity index (χ4v) is 1.60. The van der Waals surface area contributed by atoms with Crippen molar-refractivity contribution >= 4 is 11.3 Å². The lowest BCUT2D eigenvalue weighted by Gasteiger charge is -2.02. The van der Waals surface area contributed by atoms with Gasteiger partial charge in [0.15, 0.2) is 5.65 Å². The molecule has 5 heteroatoms. The molecule has 0 saturated carbocycles. The summed E-state index contributed by atoms with van der Waals surface area (Å²) in [5.74, 6) is 0. The third-order valence-electron chi connectivity index (χ3n) is 2.37. The van der Waals surface area contributed by atoms with Gasteiger partial charge in [-0.15, -0.1) is 10.2 Å². The second-order valence-corrected chi connectivity index (χ2v) is 3.45. The zero-order valence-electron chi connectivity index (χ0n) is 8.41. The lowest BCUT2D eigenvalue weighted by atomic mass is 10.1. The van der Waals surface area contributed by atoms with Crippen LogP contribution < -0.4 is 5.73 Å². The van der Waals surface area contributed by atoms with Gasteiger partial charge in [-0.25, -0.2) is 0 Å². The molecule has 0 bridgehead atoms.